The van der Waals surface area contributed by atoms with Crippen LogP contribution in [0, 0.1) is 0 Å². The van der Waals surface area contributed by atoms with Crippen LogP contribution in [0.2, 0.25) is 0 Å². The molecule has 0 aromatic heterocycles. The van der Waals surface area contributed by atoms with Crippen molar-refractivity contribution < 1.29 is 39.1 Å². The van der Waals surface area contributed by atoms with Gasteiger partial charge in [0, 0.05) is 18.0 Å². The summed E-state index contributed by atoms with van der Waals surface area (Å²) in [5, 5.41) is 30.4. The van der Waals surface area contributed by atoms with Crippen LogP contribution in [-0.4, -0.2) is 76.7 Å². The van der Waals surface area contributed by atoms with Gasteiger partial charge >= 0.3 is 11.9 Å². The number of nitrogens with zero attached hydrogens (tertiary/aromatic N) is 1. The maximum Gasteiger partial charge on any atom is 0.333 e. The number of carbonyl (C=O) groups is 2. The summed E-state index contributed by atoms with van der Waals surface area (Å²) in [6.07, 6.45) is -0.0812. The standard InChI is InChI=1S/C22H25NO8.ClH/c1-23-8-7-21-17-11-3-4-13(29-2)18(17)31-19(21)14(5-6-22(21,28)15(23)9-11)30-16(25)10-12(24)20(26)27;/h3-5,12,15,19,24,28H,6-10H2,1-2H3,(H,26,27);1H/t12-,15+,19-,21-,22+;/m0./s1. The molecule has 0 saturated carbocycles. The average Bonchev–Trinajstić information content (AvgIpc) is 3.08. The van der Waals surface area contributed by atoms with Crippen LogP contribution < -0.4 is 9.47 Å². The predicted octanol–water partition coefficient (Wildman–Crippen LogP) is 0.773. The van der Waals surface area contributed by atoms with Crippen molar-refractivity contribution in [1.29, 1.82) is 0 Å². The van der Waals surface area contributed by atoms with Gasteiger partial charge in [0.25, 0.3) is 0 Å². The monoisotopic (exact) mass is 467 g/mol. The first kappa shape index (κ1) is 22.8. The third kappa shape index (κ3) is 2.81. The van der Waals surface area contributed by atoms with E-state index in [1.807, 2.05) is 19.2 Å². The summed E-state index contributed by atoms with van der Waals surface area (Å²) in [5.41, 5.74) is 0.0627. The Balaban J connectivity index is 0.00000245. The summed E-state index contributed by atoms with van der Waals surface area (Å²) in [6, 6.07) is 3.73. The third-order valence-electron chi connectivity index (χ3n) is 7.43. The van der Waals surface area contributed by atoms with Crippen molar-refractivity contribution >= 4 is 24.3 Å². The highest BCUT2D eigenvalue weighted by molar-refractivity contribution is 5.85. The fourth-order valence-corrected chi connectivity index (χ4v) is 6.01. The van der Waals surface area contributed by atoms with Gasteiger partial charge in [-0.3, -0.25) is 4.79 Å². The number of carbonyl (C=O) groups excluding carboxylic acids is 1. The molecule has 174 valence electrons. The van der Waals surface area contributed by atoms with Crippen molar-refractivity contribution in [3.8, 4) is 11.5 Å². The lowest BCUT2D eigenvalue weighted by Gasteiger charge is -2.61. The first-order valence-corrected chi connectivity index (χ1v) is 10.3. The van der Waals surface area contributed by atoms with Crippen molar-refractivity contribution in [2.75, 3.05) is 20.7 Å². The van der Waals surface area contributed by atoms with Crippen LogP contribution >= 0.6 is 12.4 Å². The Hall–Kier alpha value is -2.33. The van der Waals surface area contributed by atoms with Crippen molar-refractivity contribution in [1.82, 2.24) is 4.90 Å². The normalized spacial score (nSPS) is 32.6. The summed E-state index contributed by atoms with van der Waals surface area (Å²) in [7, 11) is 3.56. The SMILES string of the molecule is COc1ccc2c3c1O[C@H]1C(OC(=O)C[C@H](O)C(=O)O)=CC[C@@]4(O)[C@@H](C2)N(C)CC[C@]314.Cl. The molecule has 10 heteroatoms. The van der Waals surface area contributed by atoms with Gasteiger partial charge in [-0.05, 0) is 44.1 Å². The highest BCUT2D eigenvalue weighted by atomic mass is 35.5. The van der Waals surface area contributed by atoms with E-state index in [-0.39, 0.29) is 30.6 Å². The van der Waals surface area contributed by atoms with Crippen LogP contribution in [0.3, 0.4) is 0 Å². The van der Waals surface area contributed by atoms with E-state index < -0.39 is 41.6 Å². The molecule has 1 aromatic carbocycles. The van der Waals surface area contributed by atoms with Gasteiger partial charge in [0.15, 0.2) is 23.7 Å². The number of halogens is 1. The summed E-state index contributed by atoms with van der Waals surface area (Å²) < 4.78 is 17.4. The fourth-order valence-electron chi connectivity index (χ4n) is 6.01. The number of methoxy groups -OCH3 is 1. The number of ether oxygens (including phenoxy) is 3. The zero-order chi connectivity index (χ0) is 22.1. The largest absolute Gasteiger partial charge is 0.493 e. The zero-order valence-electron chi connectivity index (χ0n) is 17.7. The minimum Gasteiger partial charge on any atom is -0.493 e. The van der Waals surface area contributed by atoms with Crippen molar-refractivity contribution in [3.63, 3.8) is 0 Å². The second-order valence-corrected chi connectivity index (χ2v) is 8.82. The van der Waals surface area contributed by atoms with Crippen LogP contribution in [0.4, 0.5) is 0 Å². The molecular weight excluding hydrogens is 442 g/mol. The molecule has 0 amide bonds. The van der Waals surface area contributed by atoms with E-state index in [0.717, 1.165) is 17.7 Å². The number of carboxylic acid groups (broad SMARTS) is 1. The molecule has 5 atom stereocenters. The van der Waals surface area contributed by atoms with Crippen LogP contribution in [0.5, 0.6) is 11.5 Å². The zero-order valence-corrected chi connectivity index (χ0v) is 18.6. The van der Waals surface area contributed by atoms with Crippen molar-refractivity contribution in [2.45, 2.75) is 54.9 Å². The number of likely N-dealkylation sites (N-methyl/N-ethyl adjacent to an activating group) is 1. The first-order chi connectivity index (χ1) is 14.7. The van der Waals surface area contributed by atoms with Gasteiger partial charge in [0.1, 0.15) is 5.76 Å². The lowest BCUT2D eigenvalue weighted by Crippen LogP contribution is -2.74. The molecule has 2 aliphatic heterocycles. The number of likely N-dealkylation sites (tertiary alicyclic amines) is 1. The highest BCUT2D eigenvalue weighted by Crippen LogP contribution is 2.65. The smallest absolute Gasteiger partial charge is 0.333 e. The number of aliphatic carboxylic acids is 1. The molecule has 5 rings (SSSR count). The molecule has 3 N–H and O–H groups in total. The van der Waals surface area contributed by atoms with Gasteiger partial charge in [-0.1, -0.05) is 6.07 Å². The molecule has 1 fully saturated rings. The van der Waals surface area contributed by atoms with Crippen molar-refractivity contribution in [3.05, 3.63) is 35.1 Å². The Morgan fingerprint density at radius 2 is 2.12 bits per heavy atom. The Bertz CT molecular complexity index is 1010. The Morgan fingerprint density at radius 1 is 1.38 bits per heavy atom. The van der Waals surface area contributed by atoms with Crippen LogP contribution in [-0.2, 0) is 26.2 Å². The third-order valence-corrected chi connectivity index (χ3v) is 7.43. The Morgan fingerprint density at radius 3 is 2.81 bits per heavy atom. The van der Waals surface area contributed by atoms with Crippen LogP contribution in [0.1, 0.15) is 30.4 Å². The Kier molecular flexibility index (Phi) is 5.44. The minimum atomic E-state index is -1.84. The van der Waals surface area contributed by atoms with E-state index >= 15 is 0 Å². The fraction of sp³-hybridized carbons (Fsp3) is 0.545. The number of benzene rings is 1. The van der Waals surface area contributed by atoms with Crippen molar-refractivity contribution in [2.24, 2.45) is 0 Å². The van der Waals surface area contributed by atoms with Gasteiger partial charge in [-0.15, -0.1) is 12.4 Å². The summed E-state index contributed by atoms with van der Waals surface area (Å²) in [4.78, 5) is 25.4. The van der Waals surface area contributed by atoms with E-state index in [1.54, 1.807) is 13.2 Å². The van der Waals surface area contributed by atoms with E-state index in [9.17, 15) is 19.8 Å². The minimum absolute atomic E-state index is 0. The maximum atomic E-state index is 12.3. The van der Waals surface area contributed by atoms with Gasteiger partial charge in [0.2, 0.25) is 0 Å². The first-order valence-electron chi connectivity index (χ1n) is 10.3. The number of piperidine rings is 1. The summed E-state index contributed by atoms with van der Waals surface area (Å²) >= 11 is 0. The molecule has 0 radical (unpaired) electrons. The van der Waals surface area contributed by atoms with Gasteiger partial charge in [-0.25, -0.2) is 4.79 Å². The number of carboxylic acids is 1. The number of hydrogen-bond acceptors (Lipinski definition) is 8. The van der Waals surface area contributed by atoms with Crippen LogP contribution in [0.25, 0.3) is 0 Å². The molecule has 9 nitrogen and oxygen atoms in total. The van der Waals surface area contributed by atoms with Gasteiger partial charge < -0.3 is 34.4 Å². The van der Waals surface area contributed by atoms with E-state index in [1.165, 1.54) is 0 Å². The van der Waals surface area contributed by atoms with E-state index in [4.69, 9.17) is 19.3 Å². The quantitative estimate of drug-likeness (QED) is 0.538. The number of aliphatic hydroxyl groups excluding tert-OH is 1. The molecule has 0 unspecified atom stereocenters. The summed E-state index contributed by atoms with van der Waals surface area (Å²) in [6.45, 7) is 0.738. The number of aliphatic hydroxyl groups is 2. The Labute approximate surface area is 191 Å². The molecule has 2 aliphatic carbocycles. The molecule has 4 aliphatic rings. The lowest BCUT2D eigenvalue weighted by atomic mass is 9.50. The maximum absolute atomic E-state index is 12.3. The summed E-state index contributed by atoms with van der Waals surface area (Å²) in [5.74, 6) is -1.02. The van der Waals surface area contributed by atoms with Crippen LogP contribution in [0.15, 0.2) is 24.0 Å². The highest BCUT2D eigenvalue weighted by Gasteiger charge is 2.72. The van der Waals surface area contributed by atoms with Gasteiger partial charge in [-0.2, -0.15) is 0 Å². The number of esters is 1. The second kappa shape index (κ2) is 7.62. The molecule has 32 heavy (non-hydrogen) atoms. The molecule has 1 saturated heterocycles. The topological polar surface area (TPSA) is 126 Å². The average molecular weight is 468 g/mol. The number of rotatable bonds is 5. The number of hydrogen-bond donors (Lipinski definition) is 3. The molecule has 2 bridgehead atoms. The molecule has 2 heterocycles. The van der Waals surface area contributed by atoms with E-state index in [2.05, 4.69) is 4.90 Å². The lowest BCUT2D eigenvalue weighted by molar-refractivity contribution is -0.170. The predicted molar refractivity (Wildman–Crippen MR) is 113 cm³/mol. The second-order valence-electron chi connectivity index (χ2n) is 8.82. The molecular formula is C22H26ClNO8. The van der Waals surface area contributed by atoms with Gasteiger partial charge in [0.05, 0.1) is 24.5 Å². The molecule has 1 spiro atoms. The molecule has 1 aromatic rings. The van der Waals surface area contributed by atoms with E-state index in [0.29, 0.717) is 24.3 Å².